The van der Waals surface area contributed by atoms with Crippen LogP contribution in [0.2, 0.25) is 0 Å². The monoisotopic (exact) mass is 205 g/mol. The first-order valence-electron chi connectivity index (χ1n) is 5.78. The van der Waals surface area contributed by atoms with Gasteiger partial charge in [0.2, 0.25) is 0 Å². The van der Waals surface area contributed by atoms with E-state index in [1.165, 1.54) is 11.1 Å². The van der Waals surface area contributed by atoms with Crippen LogP contribution in [-0.2, 0) is 17.6 Å². The molecule has 1 saturated heterocycles. The van der Waals surface area contributed by atoms with Gasteiger partial charge in [-0.25, -0.2) is 0 Å². The summed E-state index contributed by atoms with van der Waals surface area (Å²) in [5.74, 6) is 0. The Labute approximate surface area is 91.6 Å². The fraction of sp³-hybridized carbons (Fsp3) is 0.538. The summed E-state index contributed by atoms with van der Waals surface area (Å²) >= 11 is 0. The Hall–Kier alpha value is -0.860. The first kappa shape index (κ1) is 10.7. The Kier molecular flexibility index (Phi) is 3.75. The lowest BCUT2D eigenvalue weighted by molar-refractivity contribution is 0.0292. The lowest BCUT2D eigenvalue weighted by atomic mass is 10.0. The van der Waals surface area contributed by atoms with Crippen molar-refractivity contribution in [3.8, 4) is 0 Å². The Balaban J connectivity index is 1.96. The standard InChI is InChI=1S/C13H19NO/c1-2-11-4-3-5-12(8-11)9-13-10-14-6-7-15-13/h3-5,8,13-14H,2,6-7,9-10H2,1H3/t13-/m1/s1. The van der Waals surface area contributed by atoms with Gasteiger partial charge >= 0.3 is 0 Å². The maximum atomic E-state index is 5.69. The van der Waals surface area contributed by atoms with Crippen LogP contribution in [0.25, 0.3) is 0 Å². The summed E-state index contributed by atoms with van der Waals surface area (Å²) < 4.78 is 5.69. The minimum Gasteiger partial charge on any atom is -0.375 e. The zero-order chi connectivity index (χ0) is 10.5. The van der Waals surface area contributed by atoms with Gasteiger partial charge in [0.15, 0.2) is 0 Å². The van der Waals surface area contributed by atoms with Crippen LogP contribution in [0.4, 0.5) is 0 Å². The van der Waals surface area contributed by atoms with Crippen LogP contribution in [0, 0.1) is 0 Å². The average molecular weight is 205 g/mol. The van der Waals surface area contributed by atoms with Crippen LogP contribution in [0.3, 0.4) is 0 Å². The van der Waals surface area contributed by atoms with Gasteiger partial charge < -0.3 is 10.1 Å². The quantitative estimate of drug-likeness (QED) is 0.812. The third-order valence-electron chi connectivity index (χ3n) is 2.87. The molecular weight excluding hydrogens is 186 g/mol. The molecule has 1 heterocycles. The fourth-order valence-corrected chi connectivity index (χ4v) is 1.99. The van der Waals surface area contributed by atoms with E-state index in [2.05, 4.69) is 36.5 Å². The average Bonchev–Trinajstić information content (AvgIpc) is 2.31. The number of ether oxygens (including phenoxy) is 1. The summed E-state index contributed by atoms with van der Waals surface area (Å²) in [5.41, 5.74) is 2.80. The van der Waals surface area contributed by atoms with Crippen molar-refractivity contribution >= 4 is 0 Å². The topological polar surface area (TPSA) is 21.3 Å². The molecule has 0 aliphatic carbocycles. The number of morpholine rings is 1. The summed E-state index contributed by atoms with van der Waals surface area (Å²) in [4.78, 5) is 0. The van der Waals surface area contributed by atoms with Crippen LogP contribution in [0.15, 0.2) is 24.3 Å². The third kappa shape index (κ3) is 3.05. The van der Waals surface area contributed by atoms with Crippen molar-refractivity contribution in [2.24, 2.45) is 0 Å². The van der Waals surface area contributed by atoms with Crippen LogP contribution in [-0.4, -0.2) is 25.8 Å². The number of aryl methyl sites for hydroxylation is 1. The highest BCUT2D eigenvalue weighted by Gasteiger charge is 2.13. The normalized spacial score (nSPS) is 21.5. The highest BCUT2D eigenvalue weighted by atomic mass is 16.5. The molecule has 1 N–H and O–H groups in total. The molecule has 1 aromatic carbocycles. The number of hydrogen-bond acceptors (Lipinski definition) is 2. The molecule has 2 heteroatoms. The SMILES string of the molecule is CCc1cccc(C[C@@H]2CNCCO2)c1. The van der Waals surface area contributed by atoms with Crippen molar-refractivity contribution in [1.29, 1.82) is 0 Å². The summed E-state index contributed by atoms with van der Waals surface area (Å²) in [5, 5.41) is 3.36. The zero-order valence-corrected chi connectivity index (χ0v) is 9.33. The maximum Gasteiger partial charge on any atom is 0.0740 e. The van der Waals surface area contributed by atoms with E-state index in [1.807, 2.05) is 0 Å². The molecule has 0 bridgehead atoms. The highest BCUT2D eigenvalue weighted by Crippen LogP contribution is 2.10. The predicted molar refractivity (Wildman–Crippen MR) is 62.1 cm³/mol. The smallest absolute Gasteiger partial charge is 0.0740 e. The van der Waals surface area contributed by atoms with Crippen molar-refractivity contribution in [2.45, 2.75) is 25.9 Å². The molecule has 1 fully saturated rings. The number of benzene rings is 1. The van der Waals surface area contributed by atoms with Crippen molar-refractivity contribution < 1.29 is 4.74 Å². The third-order valence-corrected chi connectivity index (χ3v) is 2.87. The summed E-state index contributed by atoms with van der Waals surface area (Å²) in [7, 11) is 0. The van der Waals surface area contributed by atoms with Gasteiger partial charge in [-0.05, 0) is 24.0 Å². The molecule has 0 radical (unpaired) electrons. The van der Waals surface area contributed by atoms with Crippen molar-refractivity contribution in [1.82, 2.24) is 5.32 Å². The van der Waals surface area contributed by atoms with E-state index < -0.39 is 0 Å². The minimum absolute atomic E-state index is 0.353. The van der Waals surface area contributed by atoms with Crippen LogP contribution in [0.1, 0.15) is 18.1 Å². The molecule has 2 nitrogen and oxygen atoms in total. The lowest BCUT2D eigenvalue weighted by Crippen LogP contribution is -2.39. The van der Waals surface area contributed by atoms with Gasteiger partial charge in [0, 0.05) is 13.1 Å². The Morgan fingerprint density at radius 2 is 2.27 bits per heavy atom. The first-order chi connectivity index (χ1) is 7.38. The molecule has 0 amide bonds. The summed E-state index contributed by atoms with van der Waals surface area (Å²) in [6.45, 7) is 5.01. The van der Waals surface area contributed by atoms with E-state index >= 15 is 0 Å². The second-order valence-corrected chi connectivity index (χ2v) is 4.07. The van der Waals surface area contributed by atoms with Gasteiger partial charge in [-0.3, -0.25) is 0 Å². The van der Waals surface area contributed by atoms with Crippen LogP contribution in [0.5, 0.6) is 0 Å². The van der Waals surface area contributed by atoms with E-state index in [4.69, 9.17) is 4.74 Å². The van der Waals surface area contributed by atoms with Gasteiger partial charge in [-0.15, -0.1) is 0 Å². The van der Waals surface area contributed by atoms with Crippen LogP contribution < -0.4 is 5.32 Å². The number of rotatable bonds is 3. The molecular formula is C13H19NO. The second kappa shape index (κ2) is 5.29. The Morgan fingerprint density at radius 3 is 3.00 bits per heavy atom. The highest BCUT2D eigenvalue weighted by molar-refractivity contribution is 5.24. The molecule has 1 aliphatic rings. The summed E-state index contributed by atoms with van der Waals surface area (Å²) in [6.07, 6.45) is 2.49. The van der Waals surface area contributed by atoms with Gasteiger partial charge in [0.05, 0.1) is 12.7 Å². The van der Waals surface area contributed by atoms with Crippen molar-refractivity contribution in [2.75, 3.05) is 19.7 Å². The lowest BCUT2D eigenvalue weighted by Gasteiger charge is -2.23. The van der Waals surface area contributed by atoms with E-state index in [1.54, 1.807) is 0 Å². The molecule has 82 valence electrons. The van der Waals surface area contributed by atoms with Gasteiger partial charge in [-0.2, -0.15) is 0 Å². The Bertz CT molecular complexity index is 305. The van der Waals surface area contributed by atoms with Gasteiger partial charge in [0.1, 0.15) is 0 Å². The zero-order valence-electron chi connectivity index (χ0n) is 9.33. The van der Waals surface area contributed by atoms with E-state index in [9.17, 15) is 0 Å². The van der Waals surface area contributed by atoms with Crippen molar-refractivity contribution in [3.05, 3.63) is 35.4 Å². The van der Waals surface area contributed by atoms with Crippen molar-refractivity contribution in [3.63, 3.8) is 0 Å². The number of hydrogen-bond donors (Lipinski definition) is 1. The summed E-state index contributed by atoms with van der Waals surface area (Å²) in [6, 6.07) is 8.81. The molecule has 0 spiro atoms. The van der Waals surface area contributed by atoms with E-state index in [0.717, 1.165) is 32.5 Å². The van der Waals surface area contributed by atoms with Gasteiger partial charge in [0.25, 0.3) is 0 Å². The largest absolute Gasteiger partial charge is 0.375 e. The van der Waals surface area contributed by atoms with Crippen LogP contribution >= 0.6 is 0 Å². The molecule has 2 rings (SSSR count). The van der Waals surface area contributed by atoms with Gasteiger partial charge in [-0.1, -0.05) is 31.2 Å². The minimum atomic E-state index is 0.353. The molecule has 0 aromatic heterocycles. The first-order valence-corrected chi connectivity index (χ1v) is 5.78. The molecule has 1 atom stereocenters. The maximum absolute atomic E-state index is 5.69. The fourth-order valence-electron chi connectivity index (χ4n) is 1.99. The van der Waals surface area contributed by atoms with E-state index in [0.29, 0.717) is 6.10 Å². The van der Waals surface area contributed by atoms with E-state index in [-0.39, 0.29) is 0 Å². The molecule has 0 unspecified atom stereocenters. The molecule has 1 aromatic rings. The molecule has 15 heavy (non-hydrogen) atoms. The predicted octanol–water partition coefficient (Wildman–Crippen LogP) is 1.78. The number of nitrogens with one attached hydrogen (secondary N) is 1. The molecule has 1 aliphatic heterocycles. The Morgan fingerprint density at radius 1 is 1.40 bits per heavy atom. The second-order valence-electron chi connectivity index (χ2n) is 4.07. The molecule has 0 saturated carbocycles.